The summed E-state index contributed by atoms with van der Waals surface area (Å²) in [6.45, 7) is 0.112. The fraction of sp³-hybridized carbons (Fsp3) is 0.360. The third kappa shape index (κ3) is 6.98. The number of hydrogen-bond donors (Lipinski definition) is 1. The van der Waals surface area contributed by atoms with E-state index in [0.29, 0.717) is 25.7 Å². The molecule has 2 atom stereocenters. The number of aliphatic hydroxyl groups excluding tert-OH is 1. The second-order valence-corrected chi connectivity index (χ2v) is 8.96. The monoisotopic (exact) mass is 472 g/mol. The molecule has 2 heterocycles. The third-order valence-corrected chi connectivity index (χ3v) is 6.38. The van der Waals surface area contributed by atoms with E-state index >= 15 is 0 Å². The van der Waals surface area contributed by atoms with E-state index in [1.165, 1.54) is 18.2 Å². The van der Waals surface area contributed by atoms with Gasteiger partial charge in [0.2, 0.25) is 0 Å². The fourth-order valence-electron chi connectivity index (χ4n) is 3.56. The Balaban J connectivity index is 1.52. The maximum atomic E-state index is 14.0. The Morgan fingerprint density at radius 3 is 2.76 bits per heavy atom. The Morgan fingerprint density at radius 2 is 2.06 bits per heavy atom. The largest absolute Gasteiger partial charge is 0.544 e. The van der Waals surface area contributed by atoms with Gasteiger partial charge in [-0.05, 0) is 43.5 Å². The van der Waals surface area contributed by atoms with E-state index in [-0.39, 0.29) is 11.4 Å². The van der Waals surface area contributed by atoms with Crippen molar-refractivity contribution in [1.29, 1.82) is 0 Å². The molecule has 8 heteroatoms. The Kier molecular flexibility index (Phi) is 8.37. The number of nitrogens with zero attached hydrogens (tertiary/aromatic N) is 1. The number of aryl methyl sites for hydroxylation is 1. The highest BCUT2D eigenvalue weighted by atomic mass is 32.1. The molecule has 0 radical (unpaired) electrons. The Bertz CT molecular complexity index is 1060. The van der Waals surface area contributed by atoms with Gasteiger partial charge in [-0.25, -0.2) is 0 Å². The van der Waals surface area contributed by atoms with Crippen molar-refractivity contribution in [3.05, 3.63) is 69.9 Å². The molecule has 174 valence electrons. The van der Waals surface area contributed by atoms with Gasteiger partial charge in [0.05, 0.1) is 23.0 Å². The molecular formula is C25H24F2NO4S-. The van der Waals surface area contributed by atoms with Crippen molar-refractivity contribution in [2.24, 2.45) is 0 Å². The van der Waals surface area contributed by atoms with E-state index in [0.717, 1.165) is 26.7 Å². The minimum Gasteiger partial charge on any atom is -0.544 e. The van der Waals surface area contributed by atoms with E-state index < -0.39 is 36.4 Å². The van der Waals surface area contributed by atoms with Crippen LogP contribution in [-0.4, -0.2) is 46.5 Å². The Hall–Kier alpha value is -3.02. The van der Waals surface area contributed by atoms with Gasteiger partial charge in [0.15, 0.2) is 0 Å². The molecule has 33 heavy (non-hydrogen) atoms. The summed E-state index contributed by atoms with van der Waals surface area (Å²) in [5, 5.41) is 21.0. The van der Waals surface area contributed by atoms with E-state index in [1.54, 1.807) is 6.07 Å². The molecule has 0 unspecified atom stereocenters. The van der Waals surface area contributed by atoms with E-state index in [2.05, 4.69) is 11.8 Å². The van der Waals surface area contributed by atoms with Crippen LogP contribution in [0.5, 0.6) is 0 Å². The van der Waals surface area contributed by atoms with Gasteiger partial charge in [-0.1, -0.05) is 42.2 Å². The van der Waals surface area contributed by atoms with E-state index in [4.69, 9.17) is 0 Å². The summed E-state index contributed by atoms with van der Waals surface area (Å²) in [4.78, 5) is 25.0. The highest BCUT2D eigenvalue weighted by Crippen LogP contribution is 2.34. The number of benzene rings is 1. The molecule has 1 aliphatic rings. The summed E-state index contributed by atoms with van der Waals surface area (Å²) in [5.41, 5.74) is 0.878. The maximum absolute atomic E-state index is 14.0. The molecule has 5 nitrogen and oxygen atoms in total. The molecule has 3 rings (SSSR count). The average molecular weight is 473 g/mol. The molecule has 1 aliphatic heterocycles. The van der Waals surface area contributed by atoms with Gasteiger partial charge in [0, 0.05) is 29.8 Å². The normalized spacial score (nSPS) is 18.3. The number of halogens is 2. The highest BCUT2D eigenvalue weighted by Gasteiger charge is 2.52. The zero-order valence-corrected chi connectivity index (χ0v) is 18.7. The highest BCUT2D eigenvalue weighted by molar-refractivity contribution is 7.13. The number of hydrogen-bond acceptors (Lipinski definition) is 5. The van der Waals surface area contributed by atoms with Crippen LogP contribution in [0.4, 0.5) is 8.78 Å². The van der Waals surface area contributed by atoms with Crippen LogP contribution in [0, 0.1) is 11.8 Å². The first kappa shape index (κ1) is 24.6. The summed E-state index contributed by atoms with van der Waals surface area (Å²) < 4.78 is 28.1. The number of likely N-dealkylation sites (tertiary alicyclic amines) is 1. The quantitative estimate of drug-likeness (QED) is 0.449. The van der Waals surface area contributed by atoms with Gasteiger partial charge in [-0.2, -0.15) is 8.78 Å². The lowest BCUT2D eigenvalue weighted by Gasteiger charge is -2.21. The van der Waals surface area contributed by atoms with Crippen LogP contribution in [0.2, 0.25) is 0 Å². The molecule has 1 fully saturated rings. The second kappa shape index (κ2) is 11.2. The summed E-state index contributed by atoms with van der Waals surface area (Å²) in [7, 11) is 0. The van der Waals surface area contributed by atoms with Gasteiger partial charge < -0.3 is 19.9 Å². The van der Waals surface area contributed by atoms with Crippen LogP contribution in [0.1, 0.15) is 45.8 Å². The predicted molar refractivity (Wildman–Crippen MR) is 120 cm³/mol. The molecule has 1 saturated heterocycles. The van der Waals surface area contributed by atoms with Crippen molar-refractivity contribution in [2.45, 2.75) is 50.2 Å². The standard InChI is InChI=1S/C25H25F2NO4S/c26-25(27)17-19(12-13-20(29)10-5-4-9-18-7-2-1-3-8-18)28(24(25)32)16-6-11-21-14-15-22(33-21)23(30)31/h1-3,7-8,12-15,19-20,29H,5-6,10-11,16-17H2,(H,30,31)/p-1/b13-12+/t19-,20-/m0/s1. The van der Waals surface area contributed by atoms with Gasteiger partial charge in [0.25, 0.3) is 5.91 Å². The second-order valence-electron chi connectivity index (χ2n) is 7.79. The number of aromatic carboxylic acids is 1. The molecule has 0 spiro atoms. The third-order valence-electron chi connectivity index (χ3n) is 5.25. The molecule has 2 aromatic rings. The Morgan fingerprint density at radius 1 is 1.30 bits per heavy atom. The number of carboxylic acids is 1. The van der Waals surface area contributed by atoms with Gasteiger partial charge in [-0.15, -0.1) is 11.3 Å². The van der Waals surface area contributed by atoms with Gasteiger partial charge in [-0.3, -0.25) is 4.79 Å². The Labute approximate surface area is 195 Å². The van der Waals surface area contributed by atoms with Crippen molar-refractivity contribution in [2.75, 3.05) is 6.54 Å². The van der Waals surface area contributed by atoms with E-state index in [9.17, 15) is 28.6 Å². The average Bonchev–Trinajstić information content (AvgIpc) is 3.34. The number of amides is 1. The number of aliphatic hydroxyl groups is 1. The van der Waals surface area contributed by atoms with Crippen LogP contribution in [0.3, 0.4) is 0 Å². The number of thiophene rings is 1. The molecule has 1 aromatic carbocycles. The molecule has 1 N–H and O–H groups in total. The minimum absolute atomic E-state index is 0.108. The smallest absolute Gasteiger partial charge is 0.327 e. The summed E-state index contributed by atoms with van der Waals surface area (Å²) in [6, 6.07) is 11.7. The summed E-state index contributed by atoms with van der Waals surface area (Å²) in [5.74, 6) is 0.0533. The van der Waals surface area contributed by atoms with Crippen LogP contribution in [0.25, 0.3) is 0 Å². The van der Waals surface area contributed by atoms with Crippen molar-refractivity contribution in [1.82, 2.24) is 4.90 Å². The van der Waals surface area contributed by atoms with Crippen LogP contribution in [0.15, 0.2) is 54.6 Å². The summed E-state index contributed by atoms with van der Waals surface area (Å²) >= 11 is 1.08. The topological polar surface area (TPSA) is 80.7 Å². The van der Waals surface area contributed by atoms with Crippen LogP contribution in [-0.2, 0) is 11.2 Å². The number of carboxylic acid groups (broad SMARTS) is 1. The number of alkyl halides is 2. The van der Waals surface area contributed by atoms with Crippen molar-refractivity contribution in [3.63, 3.8) is 0 Å². The molecule has 1 amide bonds. The SMILES string of the molecule is O=C([O-])c1ccc(CCCN2C(=O)C(F)(F)C[C@@H]2/C=C/[C@@H](O)CCC#Cc2ccccc2)s1. The molecule has 1 aromatic heterocycles. The minimum atomic E-state index is -3.44. The molecule has 0 saturated carbocycles. The van der Waals surface area contributed by atoms with E-state index in [1.807, 2.05) is 30.3 Å². The number of rotatable bonds is 9. The first-order chi connectivity index (χ1) is 15.8. The first-order valence-electron chi connectivity index (χ1n) is 10.7. The lowest BCUT2D eigenvalue weighted by atomic mass is 10.1. The van der Waals surface area contributed by atoms with Gasteiger partial charge >= 0.3 is 5.92 Å². The van der Waals surface area contributed by atoms with Crippen molar-refractivity contribution < 1.29 is 28.6 Å². The maximum Gasteiger partial charge on any atom is 0.327 e. The number of carbonyl (C=O) groups is 2. The predicted octanol–water partition coefficient (Wildman–Crippen LogP) is 3.03. The van der Waals surface area contributed by atoms with Crippen molar-refractivity contribution in [3.8, 4) is 11.8 Å². The van der Waals surface area contributed by atoms with Gasteiger partial charge in [0.1, 0.15) is 0 Å². The molecule has 0 aliphatic carbocycles. The zero-order valence-electron chi connectivity index (χ0n) is 17.9. The molecular weight excluding hydrogens is 448 g/mol. The zero-order chi connectivity index (χ0) is 23.8. The lowest BCUT2D eigenvalue weighted by molar-refractivity contribution is -0.254. The van der Waals surface area contributed by atoms with Crippen LogP contribution >= 0.6 is 11.3 Å². The van der Waals surface area contributed by atoms with Crippen molar-refractivity contribution >= 4 is 23.2 Å². The first-order valence-corrected chi connectivity index (χ1v) is 11.5. The lowest BCUT2D eigenvalue weighted by Crippen LogP contribution is -2.36. The fourth-order valence-corrected chi connectivity index (χ4v) is 4.45. The number of carbonyl (C=O) groups excluding carboxylic acids is 2. The summed E-state index contributed by atoms with van der Waals surface area (Å²) in [6.07, 6.45) is 3.11. The van der Waals surface area contributed by atoms with Crippen LogP contribution < -0.4 is 5.11 Å². The molecule has 0 bridgehead atoms.